The van der Waals surface area contributed by atoms with E-state index >= 15 is 14.4 Å². The van der Waals surface area contributed by atoms with Crippen molar-refractivity contribution in [3.05, 3.63) is 150 Å². The third-order valence-electron chi connectivity index (χ3n) is 22.7. The molecule has 6 aromatic rings. The molecule has 5 aromatic carbocycles. The van der Waals surface area contributed by atoms with Gasteiger partial charge in [-0.25, -0.2) is 9.36 Å². The number of aromatic amines is 1. The van der Waals surface area contributed by atoms with E-state index in [-0.39, 0.29) is 133 Å². The molecule has 7 saturated heterocycles. The summed E-state index contributed by atoms with van der Waals surface area (Å²) in [6.07, 6.45) is 9.90. The van der Waals surface area contributed by atoms with Crippen LogP contribution in [-0.4, -0.2) is 192 Å². The van der Waals surface area contributed by atoms with E-state index < -0.39 is 85.6 Å². The molecule has 0 bridgehead atoms. The lowest BCUT2D eigenvalue weighted by atomic mass is 9.78. The normalized spacial score (nSPS) is 26.5. The number of ketones is 1. The van der Waals surface area contributed by atoms with Crippen LogP contribution in [0.15, 0.2) is 134 Å². The molecule has 7 aliphatic heterocycles. The van der Waals surface area contributed by atoms with Crippen LogP contribution >= 0.6 is 7.82 Å². The summed E-state index contributed by atoms with van der Waals surface area (Å²) in [5, 5.41) is 35.0. The van der Waals surface area contributed by atoms with Crippen molar-refractivity contribution in [1.82, 2.24) is 52.0 Å². The van der Waals surface area contributed by atoms with Gasteiger partial charge in [0.1, 0.15) is 65.6 Å². The quantitative estimate of drug-likeness (QED) is 0.0160. The van der Waals surface area contributed by atoms with E-state index in [2.05, 4.69) is 42.2 Å². The highest BCUT2D eigenvalue weighted by molar-refractivity contribution is 7.49. The average molecular weight is 1500 g/mol. The number of phosphoric acid groups is 1. The molecule has 13 rings (SSSR count). The van der Waals surface area contributed by atoms with Crippen molar-refractivity contribution < 1.29 is 75.8 Å². The zero-order chi connectivity index (χ0) is 75.9. The highest BCUT2D eigenvalue weighted by atomic mass is 31.2. The first-order valence-corrected chi connectivity index (χ1v) is 39.7. The first-order valence-electron chi connectivity index (χ1n) is 38.2. The number of benzene rings is 5. The number of phenols is 1. The number of Topliss-reactive ketones (excluding diaryl/α,β-unsaturated/α-hetero) is 1. The molecule has 9 N–H and O–H groups in total. The molecule has 0 aliphatic carbocycles. The topological polar surface area (TPSA) is 328 Å². The van der Waals surface area contributed by atoms with Crippen LogP contribution in [0.2, 0.25) is 0 Å². The Morgan fingerprint density at radius 3 is 1.94 bits per heavy atom. The largest absolute Gasteiger partial charge is 0.587 e. The molecule has 1 aromatic heterocycles. The third kappa shape index (κ3) is 17.7. The van der Waals surface area contributed by atoms with E-state index in [0.29, 0.717) is 31.4 Å². The molecule has 27 heteroatoms. The number of rotatable bonds is 29. The molecule has 108 heavy (non-hydrogen) atoms. The highest BCUT2D eigenvalue weighted by Crippen LogP contribution is 2.54. The van der Waals surface area contributed by atoms with Crippen molar-refractivity contribution in [2.24, 2.45) is 5.41 Å². The number of para-hydroxylation sites is 3. The Kier molecular flexibility index (Phi) is 24.3. The second-order valence-corrected chi connectivity index (χ2v) is 32.4. The number of hydrogen-bond acceptors (Lipinski definition) is 20. The SMILES string of the molecule is COC(=O)[C@H](Cc1ccc(OCC2(C(=O)C(C)(C)C)OCCC2OP(=O)(Oc2ccccc2)Oc2ccccc2)cc1OC)NC(=O)C1CCC(C2CCC(C3CCCN3)N2)N1C(=O)[C@H](Cc1c[nH]c2ccccc12)NC(=O)C1CCC(C2CCC(C3CCCN3C(=O)[C@H](Cc3ccc(O)cc3)NC(C)=O)N2)N1. The molecule has 578 valence electrons. The van der Waals surface area contributed by atoms with Gasteiger partial charge < -0.3 is 85.1 Å². The van der Waals surface area contributed by atoms with Crippen LogP contribution in [-0.2, 0) is 71.4 Å². The van der Waals surface area contributed by atoms with Crippen LogP contribution in [0.5, 0.6) is 28.7 Å². The van der Waals surface area contributed by atoms with E-state index in [1.165, 1.54) is 21.1 Å². The fourth-order valence-electron chi connectivity index (χ4n) is 17.5. The minimum absolute atomic E-state index is 0.0115. The maximum absolute atomic E-state index is 16.2. The molecule has 8 heterocycles. The van der Waals surface area contributed by atoms with Gasteiger partial charge in [-0.2, -0.15) is 0 Å². The van der Waals surface area contributed by atoms with Gasteiger partial charge in [0, 0.05) is 116 Å². The Balaban J connectivity index is 0.718. The van der Waals surface area contributed by atoms with Crippen LogP contribution in [0.25, 0.3) is 10.9 Å². The number of carbonyl (C=O) groups excluding carboxylic acids is 7. The number of esters is 1. The van der Waals surface area contributed by atoms with E-state index in [1.54, 1.807) is 129 Å². The minimum atomic E-state index is -4.55. The smallest absolute Gasteiger partial charge is 0.508 e. The van der Waals surface area contributed by atoms with Gasteiger partial charge in [0.05, 0.1) is 26.9 Å². The van der Waals surface area contributed by atoms with Crippen molar-refractivity contribution >= 4 is 60.0 Å². The first-order chi connectivity index (χ1) is 52.0. The average Bonchev–Trinajstić information content (AvgIpc) is 1.53. The number of phosphoric ester groups is 1. The van der Waals surface area contributed by atoms with Crippen molar-refractivity contribution in [3.63, 3.8) is 0 Å². The number of hydrogen-bond donors (Lipinski definition) is 9. The van der Waals surface area contributed by atoms with Gasteiger partial charge >= 0.3 is 13.8 Å². The first kappa shape index (κ1) is 77.3. The van der Waals surface area contributed by atoms with Crippen molar-refractivity contribution in [1.29, 1.82) is 0 Å². The molecule has 15 atom stereocenters. The molecule has 12 unspecified atom stereocenters. The molecule has 7 aliphatic rings. The Morgan fingerprint density at radius 2 is 1.27 bits per heavy atom. The Labute approximate surface area is 630 Å². The number of aromatic nitrogens is 1. The van der Waals surface area contributed by atoms with Gasteiger partial charge in [0.15, 0.2) is 11.4 Å². The molecule has 0 saturated carbocycles. The Bertz CT molecular complexity index is 4170. The van der Waals surface area contributed by atoms with Gasteiger partial charge in [-0.1, -0.05) is 93.6 Å². The molecule has 0 radical (unpaired) electrons. The van der Waals surface area contributed by atoms with Crippen molar-refractivity contribution in [2.45, 2.75) is 221 Å². The molecular weight excluding hydrogens is 1400 g/mol. The highest BCUT2D eigenvalue weighted by Gasteiger charge is 2.59. The predicted octanol–water partition coefficient (Wildman–Crippen LogP) is 7.83. The fourth-order valence-corrected chi connectivity index (χ4v) is 18.9. The number of likely N-dealkylation sites (tertiary alicyclic amines) is 2. The molecule has 5 amide bonds. The van der Waals surface area contributed by atoms with Crippen LogP contribution < -0.4 is 55.7 Å². The second-order valence-electron chi connectivity index (χ2n) is 30.9. The van der Waals surface area contributed by atoms with Gasteiger partial charge in [-0.15, -0.1) is 0 Å². The number of H-pyrrole nitrogens is 1. The Morgan fingerprint density at radius 1 is 0.630 bits per heavy atom. The van der Waals surface area contributed by atoms with Gasteiger partial charge in [0.25, 0.3) is 0 Å². The molecule has 26 nitrogen and oxygen atoms in total. The summed E-state index contributed by atoms with van der Waals surface area (Å²) >= 11 is 0. The third-order valence-corrected chi connectivity index (χ3v) is 24.1. The number of nitrogens with zero attached hydrogens (tertiary/aromatic N) is 2. The lowest BCUT2D eigenvalue weighted by Gasteiger charge is -2.37. The van der Waals surface area contributed by atoms with Crippen molar-refractivity contribution in [2.75, 3.05) is 40.5 Å². The summed E-state index contributed by atoms with van der Waals surface area (Å²) in [4.78, 5) is 110. The van der Waals surface area contributed by atoms with Crippen LogP contribution in [0.4, 0.5) is 0 Å². The molecule has 7 fully saturated rings. The number of amides is 5. The van der Waals surface area contributed by atoms with E-state index in [0.717, 1.165) is 79.9 Å². The van der Waals surface area contributed by atoms with Gasteiger partial charge in [-0.05, 0) is 149 Å². The zero-order valence-corrected chi connectivity index (χ0v) is 63.2. The number of phenolic OH excluding ortho intramolecular Hbond substituents is 1. The fraction of sp³-hybridized carbons (Fsp3) is 0.519. The number of ether oxygens (including phenoxy) is 4. The van der Waals surface area contributed by atoms with Crippen LogP contribution in [0.1, 0.15) is 128 Å². The van der Waals surface area contributed by atoms with E-state index in [1.807, 2.05) is 35.4 Å². The van der Waals surface area contributed by atoms with Crippen molar-refractivity contribution in [3.8, 4) is 28.7 Å². The maximum atomic E-state index is 16.2. The van der Waals surface area contributed by atoms with Crippen LogP contribution in [0, 0.1) is 5.41 Å². The number of nitrogens with one attached hydrogen (secondary N) is 8. The summed E-state index contributed by atoms with van der Waals surface area (Å²) in [6.45, 7) is 7.78. The summed E-state index contributed by atoms with van der Waals surface area (Å²) in [5.74, 6) is -1.88. The standard InChI is InChI=1S/C81H103N10O16P/c1-49(92)84-66(43-50-25-28-53(93)29-26-50)76(96)90-41-16-24-69(90)63-34-32-61(86-63)62-33-36-65(87-62)74(94)88-67(45-52-47-83-58-22-14-13-21-57(52)58)77(97)91-70(64-35-31-60(85-64)59-23-15-40-82-59)37-38-71(91)75(95)89-68(78(98)102-6)44-51-27-30-56(46-72(51)101-5)103-48-81(79(99)80(2,3)4)73(39-42-104-81)107-108(100,105-54-17-9-7-10-18-54)106-55-19-11-8-12-20-55/h7-14,17-22,25-30,46-47,59-71,73,82-83,85-87,93H,15-16,23-24,31-45,48H2,1-6H3,(H,84,92)(H,88,94)(H,89,95)/t59?,60?,61?,62?,63?,64?,65?,66-,67-,68-,69?,70?,71?,73?,81?/m0/s1. The van der Waals surface area contributed by atoms with Gasteiger partial charge in [0.2, 0.25) is 29.5 Å². The summed E-state index contributed by atoms with van der Waals surface area (Å²) < 4.78 is 57.4. The molecular formula is C81H103N10O16P. The predicted molar refractivity (Wildman–Crippen MR) is 403 cm³/mol. The number of aromatic hydroxyl groups is 1. The molecule has 0 spiro atoms. The maximum Gasteiger partial charge on any atom is 0.587 e. The summed E-state index contributed by atoms with van der Waals surface area (Å²) in [6, 6.07) is 30.8. The van der Waals surface area contributed by atoms with E-state index in [4.69, 9.17) is 32.5 Å². The second kappa shape index (κ2) is 33.9. The van der Waals surface area contributed by atoms with Gasteiger partial charge in [-0.3, -0.25) is 33.3 Å². The summed E-state index contributed by atoms with van der Waals surface area (Å²) in [7, 11) is -1.87. The lowest BCUT2D eigenvalue weighted by molar-refractivity contribution is -0.159. The number of fused-ring (bicyclic) bond motifs is 1. The minimum Gasteiger partial charge on any atom is -0.508 e. The van der Waals surface area contributed by atoms with Crippen LogP contribution in [0.3, 0.4) is 0 Å². The number of carbonyl (C=O) groups is 7. The lowest BCUT2D eigenvalue weighted by Crippen LogP contribution is -2.61. The van der Waals surface area contributed by atoms with E-state index in [9.17, 15) is 28.8 Å². The Hall–Kier alpha value is -8.88. The zero-order valence-electron chi connectivity index (χ0n) is 62.3. The number of methoxy groups -OCH3 is 2. The monoisotopic (exact) mass is 1500 g/mol. The summed E-state index contributed by atoms with van der Waals surface area (Å²) in [5.41, 5.74) is 0.128.